The van der Waals surface area contributed by atoms with Crippen molar-refractivity contribution in [3.63, 3.8) is 0 Å². The van der Waals surface area contributed by atoms with E-state index in [4.69, 9.17) is 0 Å². The highest BCUT2D eigenvalue weighted by Gasteiger charge is 2.36. The summed E-state index contributed by atoms with van der Waals surface area (Å²) in [5, 5.41) is 9.25. The number of aliphatic hydroxyl groups excluding tert-OH is 1. The number of carbonyl (C=O) groups is 1. The lowest BCUT2D eigenvalue weighted by Gasteiger charge is -2.26. The van der Waals surface area contributed by atoms with Gasteiger partial charge in [0.05, 0.1) is 18.4 Å². The molecule has 1 aliphatic heterocycles. The number of rotatable bonds is 7. The first-order valence-corrected chi connectivity index (χ1v) is 8.63. The standard InChI is InChI=1S/C10H18FNO4S2/c1-17-3-2-9(6-13)12-5-8(4-10(12)14)7-18(11,15)16/h8-9,13H,2-7H2,1H3. The molecule has 5 nitrogen and oxygen atoms in total. The lowest BCUT2D eigenvalue weighted by molar-refractivity contribution is -0.130. The minimum absolute atomic E-state index is 0.0406. The van der Waals surface area contributed by atoms with E-state index in [1.807, 2.05) is 6.26 Å². The summed E-state index contributed by atoms with van der Waals surface area (Å²) in [5.41, 5.74) is 0. The summed E-state index contributed by atoms with van der Waals surface area (Å²) in [7, 11) is -4.55. The molecule has 0 spiro atoms. The van der Waals surface area contributed by atoms with E-state index in [1.54, 1.807) is 11.8 Å². The maximum absolute atomic E-state index is 12.6. The van der Waals surface area contributed by atoms with Gasteiger partial charge in [0, 0.05) is 18.9 Å². The second-order valence-electron chi connectivity index (χ2n) is 4.44. The largest absolute Gasteiger partial charge is 0.394 e. The summed E-state index contributed by atoms with van der Waals surface area (Å²) >= 11 is 1.61. The van der Waals surface area contributed by atoms with Crippen molar-refractivity contribution >= 4 is 27.9 Å². The molecule has 0 aromatic carbocycles. The van der Waals surface area contributed by atoms with Crippen LogP contribution in [0.15, 0.2) is 0 Å². The van der Waals surface area contributed by atoms with Crippen LogP contribution < -0.4 is 0 Å². The zero-order valence-electron chi connectivity index (χ0n) is 10.2. The topological polar surface area (TPSA) is 74.7 Å². The molecule has 1 rings (SSSR count). The van der Waals surface area contributed by atoms with E-state index in [2.05, 4.69) is 0 Å². The average Bonchev–Trinajstić information content (AvgIpc) is 2.58. The van der Waals surface area contributed by atoms with Gasteiger partial charge in [0.1, 0.15) is 0 Å². The molecule has 1 fully saturated rings. The molecule has 2 unspecified atom stereocenters. The molecular weight excluding hydrogens is 281 g/mol. The van der Waals surface area contributed by atoms with E-state index < -0.39 is 21.9 Å². The number of hydrogen-bond donors (Lipinski definition) is 1. The van der Waals surface area contributed by atoms with Crippen LogP contribution in [0.4, 0.5) is 3.89 Å². The lowest BCUT2D eigenvalue weighted by Crippen LogP contribution is -2.39. The molecule has 1 saturated heterocycles. The van der Waals surface area contributed by atoms with Gasteiger partial charge in [0.15, 0.2) is 0 Å². The van der Waals surface area contributed by atoms with Crippen molar-refractivity contribution in [1.29, 1.82) is 0 Å². The number of likely N-dealkylation sites (tertiary alicyclic amines) is 1. The summed E-state index contributed by atoms with van der Waals surface area (Å²) in [6, 6.07) is -0.294. The Kier molecular flexibility index (Phi) is 5.87. The Hall–Kier alpha value is -0.340. The van der Waals surface area contributed by atoms with Crippen LogP contribution in [0.25, 0.3) is 0 Å². The van der Waals surface area contributed by atoms with Crippen LogP contribution in [0, 0.1) is 5.92 Å². The lowest BCUT2D eigenvalue weighted by atomic mass is 10.1. The van der Waals surface area contributed by atoms with Crippen LogP contribution in [0.2, 0.25) is 0 Å². The third-order valence-corrected chi connectivity index (χ3v) is 4.49. The van der Waals surface area contributed by atoms with Crippen molar-refractivity contribution in [1.82, 2.24) is 4.90 Å². The fraction of sp³-hybridized carbons (Fsp3) is 0.900. The maximum atomic E-state index is 12.6. The van der Waals surface area contributed by atoms with Crippen LogP contribution in [0.5, 0.6) is 0 Å². The van der Waals surface area contributed by atoms with E-state index in [9.17, 15) is 22.2 Å². The quantitative estimate of drug-likeness (QED) is 0.682. The molecule has 0 bridgehead atoms. The van der Waals surface area contributed by atoms with Gasteiger partial charge in [-0.1, -0.05) is 0 Å². The summed E-state index contributed by atoms with van der Waals surface area (Å²) in [6.45, 7) is 0.0585. The average molecular weight is 299 g/mol. The van der Waals surface area contributed by atoms with Gasteiger partial charge in [0.25, 0.3) is 0 Å². The Morgan fingerprint density at radius 3 is 2.78 bits per heavy atom. The third kappa shape index (κ3) is 4.74. The number of carbonyl (C=O) groups excluding carboxylic acids is 1. The minimum Gasteiger partial charge on any atom is -0.394 e. The molecule has 1 aliphatic rings. The molecule has 1 N–H and O–H groups in total. The van der Waals surface area contributed by atoms with Gasteiger partial charge in [0.2, 0.25) is 5.91 Å². The van der Waals surface area contributed by atoms with Gasteiger partial charge in [-0.2, -0.15) is 20.2 Å². The molecule has 0 radical (unpaired) electrons. The molecule has 106 valence electrons. The van der Waals surface area contributed by atoms with Crippen molar-refractivity contribution in [2.24, 2.45) is 5.92 Å². The Morgan fingerprint density at radius 2 is 2.28 bits per heavy atom. The second-order valence-corrected chi connectivity index (χ2v) is 6.84. The van der Waals surface area contributed by atoms with Crippen LogP contribution in [-0.4, -0.2) is 61.3 Å². The number of amides is 1. The summed E-state index contributed by atoms with van der Waals surface area (Å²) in [5.74, 6) is -0.517. The van der Waals surface area contributed by atoms with Crippen molar-refractivity contribution in [3.8, 4) is 0 Å². The van der Waals surface area contributed by atoms with Crippen LogP contribution in [0.3, 0.4) is 0 Å². The fourth-order valence-electron chi connectivity index (χ4n) is 2.15. The molecule has 0 saturated carbocycles. The van der Waals surface area contributed by atoms with Crippen LogP contribution in [0.1, 0.15) is 12.8 Å². The summed E-state index contributed by atoms with van der Waals surface area (Å²) < 4.78 is 33.7. The van der Waals surface area contributed by atoms with Gasteiger partial charge >= 0.3 is 10.2 Å². The molecule has 0 aromatic heterocycles. The Bertz CT molecular complexity index is 387. The van der Waals surface area contributed by atoms with Crippen LogP contribution >= 0.6 is 11.8 Å². The zero-order chi connectivity index (χ0) is 13.8. The van der Waals surface area contributed by atoms with E-state index in [0.29, 0.717) is 6.42 Å². The highest BCUT2D eigenvalue weighted by molar-refractivity contribution is 7.98. The second kappa shape index (κ2) is 6.72. The van der Waals surface area contributed by atoms with Gasteiger partial charge < -0.3 is 10.0 Å². The van der Waals surface area contributed by atoms with Crippen molar-refractivity contribution < 1.29 is 22.2 Å². The minimum atomic E-state index is -4.55. The molecule has 0 aromatic rings. The van der Waals surface area contributed by atoms with Crippen molar-refractivity contribution in [2.75, 3.05) is 30.9 Å². The molecule has 0 aliphatic carbocycles. The first kappa shape index (κ1) is 15.7. The Morgan fingerprint density at radius 1 is 1.61 bits per heavy atom. The zero-order valence-corrected chi connectivity index (χ0v) is 11.8. The predicted octanol–water partition coefficient (Wildman–Crippen LogP) is 0.248. The molecule has 1 heterocycles. The van der Waals surface area contributed by atoms with E-state index in [0.717, 1.165) is 5.75 Å². The SMILES string of the molecule is CSCCC(CO)N1CC(CS(=O)(=O)F)CC1=O. The van der Waals surface area contributed by atoms with Crippen LogP contribution in [-0.2, 0) is 15.0 Å². The maximum Gasteiger partial charge on any atom is 0.302 e. The molecule has 8 heteroatoms. The number of thioether (sulfide) groups is 1. The smallest absolute Gasteiger partial charge is 0.302 e. The molecule has 18 heavy (non-hydrogen) atoms. The fourth-order valence-corrected chi connectivity index (χ4v) is 3.45. The normalized spacial score (nSPS) is 22.5. The number of nitrogens with zero attached hydrogens (tertiary/aromatic N) is 1. The number of aliphatic hydroxyl groups is 1. The number of hydrogen-bond acceptors (Lipinski definition) is 5. The number of halogens is 1. The Labute approximate surface area is 111 Å². The monoisotopic (exact) mass is 299 g/mol. The molecular formula is C10H18FNO4S2. The van der Waals surface area contributed by atoms with E-state index in [1.165, 1.54) is 4.90 Å². The van der Waals surface area contributed by atoms with Gasteiger partial charge in [-0.25, -0.2) is 0 Å². The van der Waals surface area contributed by atoms with E-state index >= 15 is 0 Å². The molecule has 1 amide bonds. The van der Waals surface area contributed by atoms with Gasteiger partial charge in [-0.05, 0) is 18.4 Å². The van der Waals surface area contributed by atoms with E-state index in [-0.39, 0.29) is 31.5 Å². The predicted molar refractivity (Wildman–Crippen MR) is 68.6 cm³/mol. The third-order valence-electron chi connectivity index (χ3n) is 2.98. The first-order valence-electron chi connectivity index (χ1n) is 5.69. The summed E-state index contributed by atoms with van der Waals surface area (Å²) in [4.78, 5) is 13.2. The van der Waals surface area contributed by atoms with Gasteiger partial charge in [-0.3, -0.25) is 4.79 Å². The summed E-state index contributed by atoms with van der Waals surface area (Å²) in [6.07, 6.45) is 2.62. The first-order chi connectivity index (χ1) is 8.37. The highest BCUT2D eigenvalue weighted by Crippen LogP contribution is 2.23. The molecule has 2 atom stereocenters. The van der Waals surface area contributed by atoms with Crippen molar-refractivity contribution in [2.45, 2.75) is 18.9 Å². The Balaban J connectivity index is 2.59. The highest BCUT2D eigenvalue weighted by atomic mass is 32.3. The van der Waals surface area contributed by atoms with Gasteiger partial charge in [-0.15, -0.1) is 3.89 Å². The van der Waals surface area contributed by atoms with Crippen molar-refractivity contribution in [3.05, 3.63) is 0 Å².